The lowest BCUT2D eigenvalue weighted by Gasteiger charge is -2.21. The van der Waals surface area contributed by atoms with Crippen molar-refractivity contribution in [2.75, 3.05) is 5.75 Å². The van der Waals surface area contributed by atoms with E-state index in [4.69, 9.17) is 0 Å². The quantitative estimate of drug-likeness (QED) is 0.650. The summed E-state index contributed by atoms with van der Waals surface area (Å²) in [6.45, 7) is 12.4. The zero-order chi connectivity index (χ0) is 9.84. The van der Waals surface area contributed by atoms with E-state index in [1.807, 2.05) is 17.8 Å². The topological polar surface area (TPSA) is 0 Å². The maximum absolute atomic E-state index is 4.15. The molecular formula is C12H18S. The van der Waals surface area contributed by atoms with Gasteiger partial charge in [0, 0.05) is 4.91 Å². The van der Waals surface area contributed by atoms with Gasteiger partial charge in [-0.1, -0.05) is 33.1 Å². The molecule has 0 radical (unpaired) electrons. The summed E-state index contributed by atoms with van der Waals surface area (Å²) in [5, 5.41) is 0. The Morgan fingerprint density at radius 2 is 2.23 bits per heavy atom. The molecule has 0 aromatic carbocycles. The van der Waals surface area contributed by atoms with Crippen molar-refractivity contribution in [1.82, 2.24) is 0 Å². The van der Waals surface area contributed by atoms with Gasteiger partial charge in [0.1, 0.15) is 0 Å². The summed E-state index contributed by atoms with van der Waals surface area (Å²) in [6, 6.07) is 0. The van der Waals surface area contributed by atoms with Crippen LogP contribution in [0.3, 0.4) is 0 Å². The van der Waals surface area contributed by atoms with Gasteiger partial charge in [-0.25, -0.2) is 0 Å². The summed E-state index contributed by atoms with van der Waals surface area (Å²) in [6.07, 6.45) is 4.45. The number of thioether (sulfide) groups is 1. The maximum Gasteiger partial charge on any atom is 0.0133 e. The predicted octanol–water partition coefficient (Wildman–Crippen LogP) is 4.17. The van der Waals surface area contributed by atoms with Crippen molar-refractivity contribution in [1.29, 1.82) is 0 Å². The second kappa shape index (κ2) is 4.71. The molecule has 1 heterocycles. The smallest absolute Gasteiger partial charge is 0.0133 e. The molecule has 0 bridgehead atoms. The van der Waals surface area contributed by atoms with Gasteiger partial charge in [-0.2, -0.15) is 0 Å². The van der Waals surface area contributed by atoms with Crippen molar-refractivity contribution in [3.63, 3.8) is 0 Å². The molecule has 1 heteroatoms. The predicted molar refractivity (Wildman–Crippen MR) is 62.9 cm³/mol. The van der Waals surface area contributed by atoms with E-state index < -0.39 is 0 Å². The molecule has 1 aliphatic heterocycles. The van der Waals surface area contributed by atoms with Crippen molar-refractivity contribution in [3.05, 3.63) is 35.3 Å². The molecular weight excluding hydrogens is 176 g/mol. The van der Waals surface area contributed by atoms with Crippen LogP contribution in [0.2, 0.25) is 0 Å². The first kappa shape index (κ1) is 10.6. The zero-order valence-corrected chi connectivity index (χ0v) is 9.41. The molecule has 0 unspecified atom stereocenters. The number of allylic oxidation sites excluding steroid dienone is 3. The Bertz CT molecular complexity index is 246. The lowest BCUT2D eigenvalue weighted by atomic mass is 9.99. The molecule has 0 aliphatic carbocycles. The van der Waals surface area contributed by atoms with Crippen molar-refractivity contribution >= 4 is 11.8 Å². The van der Waals surface area contributed by atoms with Gasteiger partial charge in [0.25, 0.3) is 0 Å². The summed E-state index contributed by atoms with van der Waals surface area (Å²) >= 11 is 1.94. The monoisotopic (exact) mass is 194 g/mol. The molecule has 0 fully saturated rings. The highest BCUT2D eigenvalue weighted by atomic mass is 32.2. The molecule has 0 spiro atoms. The van der Waals surface area contributed by atoms with E-state index in [-0.39, 0.29) is 0 Å². The molecule has 0 amide bonds. The first-order chi connectivity index (χ1) is 6.16. The first-order valence-corrected chi connectivity index (χ1v) is 5.83. The SMILES string of the molecule is C=CC1=C(C(=C)C(C)C)SCCC1. The minimum Gasteiger partial charge on any atom is -0.126 e. The Morgan fingerprint density at radius 1 is 1.54 bits per heavy atom. The van der Waals surface area contributed by atoms with E-state index in [2.05, 4.69) is 27.0 Å². The summed E-state index contributed by atoms with van der Waals surface area (Å²) < 4.78 is 0. The van der Waals surface area contributed by atoms with Crippen molar-refractivity contribution in [2.45, 2.75) is 26.7 Å². The number of hydrogen-bond donors (Lipinski definition) is 0. The van der Waals surface area contributed by atoms with E-state index in [9.17, 15) is 0 Å². The third kappa shape index (κ3) is 2.50. The minimum absolute atomic E-state index is 0.551. The third-order valence-corrected chi connectivity index (χ3v) is 3.67. The van der Waals surface area contributed by atoms with Gasteiger partial charge < -0.3 is 0 Å². The van der Waals surface area contributed by atoms with Crippen LogP contribution in [-0.2, 0) is 0 Å². The van der Waals surface area contributed by atoms with E-state index in [0.717, 1.165) is 0 Å². The molecule has 13 heavy (non-hydrogen) atoms. The van der Waals surface area contributed by atoms with Crippen LogP contribution in [0.25, 0.3) is 0 Å². The average molecular weight is 194 g/mol. The minimum atomic E-state index is 0.551. The van der Waals surface area contributed by atoms with Crippen LogP contribution in [0.5, 0.6) is 0 Å². The Balaban J connectivity index is 2.90. The van der Waals surface area contributed by atoms with Gasteiger partial charge in [-0.05, 0) is 35.7 Å². The van der Waals surface area contributed by atoms with Gasteiger partial charge in [-0.3, -0.25) is 0 Å². The Kier molecular flexibility index (Phi) is 3.86. The Labute approximate surface area is 85.8 Å². The second-order valence-corrected chi connectivity index (χ2v) is 4.80. The second-order valence-electron chi connectivity index (χ2n) is 3.69. The average Bonchev–Trinajstić information content (AvgIpc) is 2.16. The Morgan fingerprint density at radius 3 is 2.77 bits per heavy atom. The van der Waals surface area contributed by atoms with Crippen LogP contribution in [-0.4, -0.2) is 5.75 Å². The largest absolute Gasteiger partial charge is 0.126 e. The fourth-order valence-electron chi connectivity index (χ4n) is 1.40. The summed E-state index contributed by atoms with van der Waals surface area (Å²) in [4.78, 5) is 1.40. The molecule has 1 aliphatic rings. The highest BCUT2D eigenvalue weighted by Gasteiger charge is 2.15. The van der Waals surface area contributed by atoms with Gasteiger partial charge in [0.05, 0.1) is 0 Å². The van der Waals surface area contributed by atoms with Crippen molar-refractivity contribution in [2.24, 2.45) is 5.92 Å². The molecule has 1 rings (SSSR count). The molecule has 0 nitrogen and oxygen atoms in total. The van der Waals surface area contributed by atoms with E-state index in [1.165, 1.54) is 34.6 Å². The first-order valence-electron chi connectivity index (χ1n) is 4.84. The van der Waals surface area contributed by atoms with Crippen LogP contribution in [0.15, 0.2) is 35.3 Å². The van der Waals surface area contributed by atoms with Crippen molar-refractivity contribution in [3.8, 4) is 0 Å². The highest BCUT2D eigenvalue weighted by molar-refractivity contribution is 8.03. The molecule has 0 saturated heterocycles. The van der Waals surface area contributed by atoms with Crippen LogP contribution in [0, 0.1) is 5.92 Å². The van der Waals surface area contributed by atoms with Crippen LogP contribution in [0.1, 0.15) is 26.7 Å². The molecule has 72 valence electrons. The summed E-state index contributed by atoms with van der Waals surface area (Å²) in [5.74, 6) is 1.79. The standard InChI is InChI=1S/C12H18S/c1-5-11-7-6-8-13-12(11)10(4)9(2)3/h5,9H,1,4,6-8H2,2-3H3. The fourth-order valence-corrected chi connectivity index (χ4v) is 2.68. The van der Waals surface area contributed by atoms with Crippen LogP contribution >= 0.6 is 11.8 Å². The molecule has 0 aromatic rings. The van der Waals surface area contributed by atoms with E-state index in [1.54, 1.807) is 0 Å². The van der Waals surface area contributed by atoms with Crippen LogP contribution in [0.4, 0.5) is 0 Å². The van der Waals surface area contributed by atoms with E-state index in [0.29, 0.717) is 5.92 Å². The van der Waals surface area contributed by atoms with E-state index >= 15 is 0 Å². The summed E-state index contributed by atoms with van der Waals surface area (Å²) in [7, 11) is 0. The van der Waals surface area contributed by atoms with Gasteiger partial charge in [0.2, 0.25) is 0 Å². The molecule has 0 aromatic heterocycles. The highest BCUT2D eigenvalue weighted by Crippen LogP contribution is 2.37. The zero-order valence-electron chi connectivity index (χ0n) is 8.60. The Hall–Kier alpha value is -0.430. The normalized spacial score (nSPS) is 17.8. The lowest BCUT2D eigenvalue weighted by Crippen LogP contribution is -2.02. The number of rotatable bonds is 3. The molecule has 0 saturated carbocycles. The van der Waals surface area contributed by atoms with Gasteiger partial charge in [0.15, 0.2) is 0 Å². The lowest BCUT2D eigenvalue weighted by molar-refractivity contribution is 0.784. The fraction of sp³-hybridized carbons (Fsp3) is 0.500. The van der Waals surface area contributed by atoms with Crippen LogP contribution < -0.4 is 0 Å². The van der Waals surface area contributed by atoms with Gasteiger partial charge >= 0.3 is 0 Å². The van der Waals surface area contributed by atoms with Crippen molar-refractivity contribution < 1.29 is 0 Å². The maximum atomic E-state index is 4.15. The number of hydrogen-bond acceptors (Lipinski definition) is 1. The third-order valence-electron chi connectivity index (χ3n) is 2.36. The van der Waals surface area contributed by atoms with Gasteiger partial charge in [-0.15, -0.1) is 11.8 Å². The summed E-state index contributed by atoms with van der Waals surface area (Å²) in [5.41, 5.74) is 2.68. The molecule has 0 atom stereocenters. The molecule has 0 N–H and O–H groups in total.